The van der Waals surface area contributed by atoms with Gasteiger partial charge in [-0.3, -0.25) is 0 Å². The first-order valence-electron chi connectivity index (χ1n) is 3.23. The second kappa shape index (κ2) is 7.16. The van der Waals surface area contributed by atoms with E-state index in [-0.39, 0.29) is 24.8 Å². The molecule has 1 heterocycles. The van der Waals surface area contributed by atoms with E-state index in [1.807, 2.05) is 6.07 Å². The first-order valence-corrected chi connectivity index (χ1v) is 3.23. The molecular formula is C7H13Cl2N3. The van der Waals surface area contributed by atoms with E-state index in [0.29, 0.717) is 12.4 Å². The predicted octanol–water partition coefficient (Wildman–Crippen LogP) is 1.01. The summed E-state index contributed by atoms with van der Waals surface area (Å²) in [5.41, 5.74) is 11.9. The van der Waals surface area contributed by atoms with Gasteiger partial charge in [-0.1, -0.05) is 6.07 Å². The van der Waals surface area contributed by atoms with Crippen LogP contribution in [-0.2, 0) is 6.42 Å². The number of rotatable bonds is 2. The summed E-state index contributed by atoms with van der Waals surface area (Å²) < 4.78 is 0. The van der Waals surface area contributed by atoms with Gasteiger partial charge in [-0.25, -0.2) is 4.98 Å². The molecule has 0 amide bonds. The minimum atomic E-state index is 0. The minimum Gasteiger partial charge on any atom is -0.384 e. The van der Waals surface area contributed by atoms with E-state index >= 15 is 0 Å². The lowest BCUT2D eigenvalue weighted by Crippen LogP contribution is -2.03. The number of nitrogens with two attached hydrogens (primary N) is 2. The van der Waals surface area contributed by atoms with Crippen molar-refractivity contribution in [2.24, 2.45) is 5.73 Å². The Morgan fingerprint density at radius 2 is 1.92 bits per heavy atom. The molecule has 1 aromatic rings. The SMILES string of the molecule is Cl.Cl.NCCc1ccc(N)nc1. The fourth-order valence-corrected chi connectivity index (χ4v) is 0.750. The van der Waals surface area contributed by atoms with Crippen molar-refractivity contribution in [1.29, 1.82) is 0 Å². The molecule has 0 spiro atoms. The summed E-state index contributed by atoms with van der Waals surface area (Å²) >= 11 is 0. The van der Waals surface area contributed by atoms with E-state index in [2.05, 4.69) is 4.98 Å². The molecule has 1 aromatic heterocycles. The summed E-state index contributed by atoms with van der Waals surface area (Å²) in [6.45, 7) is 0.658. The Balaban J connectivity index is 0. The van der Waals surface area contributed by atoms with Crippen LogP contribution in [0.1, 0.15) is 5.56 Å². The van der Waals surface area contributed by atoms with Crippen molar-refractivity contribution in [3.63, 3.8) is 0 Å². The average Bonchev–Trinajstić information content (AvgIpc) is 1.95. The Bertz CT molecular complexity index is 200. The molecule has 0 aliphatic carbocycles. The third kappa shape index (κ3) is 4.38. The molecule has 0 unspecified atom stereocenters. The van der Waals surface area contributed by atoms with Crippen molar-refractivity contribution >= 4 is 30.6 Å². The molecule has 0 bridgehead atoms. The fourth-order valence-electron chi connectivity index (χ4n) is 0.750. The zero-order valence-electron chi connectivity index (χ0n) is 6.56. The van der Waals surface area contributed by atoms with Crippen molar-refractivity contribution in [2.45, 2.75) is 6.42 Å². The smallest absolute Gasteiger partial charge is 0.123 e. The molecule has 0 atom stereocenters. The summed E-state index contributed by atoms with van der Waals surface area (Å²) in [4.78, 5) is 3.92. The van der Waals surface area contributed by atoms with Crippen LogP contribution in [0.4, 0.5) is 5.82 Å². The van der Waals surface area contributed by atoms with Gasteiger partial charge in [0.25, 0.3) is 0 Å². The number of hydrogen-bond acceptors (Lipinski definition) is 3. The maximum absolute atomic E-state index is 5.38. The Kier molecular flexibility index (Phi) is 8.37. The molecule has 3 nitrogen and oxygen atoms in total. The number of aromatic nitrogens is 1. The highest BCUT2D eigenvalue weighted by Crippen LogP contribution is 2.00. The molecular weight excluding hydrogens is 197 g/mol. The predicted molar refractivity (Wildman–Crippen MR) is 55.9 cm³/mol. The number of pyridine rings is 1. The molecule has 5 heteroatoms. The molecule has 1 rings (SSSR count). The molecule has 70 valence electrons. The summed E-state index contributed by atoms with van der Waals surface area (Å²) in [6.07, 6.45) is 2.62. The van der Waals surface area contributed by atoms with Crippen molar-refractivity contribution in [2.75, 3.05) is 12.3 Å². The van der Waals surface area contributed by atoms with E-state index in [4.69, 9.17) is 11.5 Å². The lowest BCUT2D eigenvalue weighted by atomic mass is 10.2. The summed E-state index contributed by atoms with van der Waals surface area (Å²) in [5.74, 6) is 0.556. The van der Waals surface area contributed by atoms with Crippen LogP contribution in [0.5, 0.6) is 0 Å². The maximum atomic E-state index is 5.38. The van der Waals surface area contributed by atoms with Gasteiger partial charge in [-0.15, -0.1) is 24.8 Å². The number of halogens is 2. The summed E-state index contributed by atoms with van der Waals surface area (Å²) in [7, 11) is 0. The molecule has 0 fully saturated rings. The van der Waals surface area contributed by atoms with Crippen molar-refractivity contribution in [3.05, 3.63) is 23.9 Å². The Hall–Kier alpha value is -0.510. The van der Waals surface area contributed by atoms with Crippen LogP contribution in [0.3, 0.4) is 0 Å². The van der Waals surface area contributed by atoms with Gasteiger partial charge in [0.05, 0.1) is 0 Å². The number of anilines is 1. The van der Waals surface area contributed by atoms with Gasteiger partial charge in [-0.2, -0.15) is 0 Å². The van der Waals surface area contributed by atoms with Crippen molar-refractivity contribution < 1.29 is 0 Å². The highest BCUT2D eigenvalue weighted by atomic mass is 35.5. The Morgan fingerprint density at radius 1 is 1.25 bits per heavy atom. The summed E-state index contributed by atoms with van der Waals surface area (Å²) in [6, 6.07) is 3.72. The quantitative estimate of drug-likeness (QED) is 0.765. The van der Waals surface area contributed by atoms with Crippen LogP contribution < -0.4 is 11.5 Å². The lowest BCUT2D eigenvalue weighted by molar-refractivity contribution is 0.960. The molecule has 0 radical (unpaired) electrons. The topological polar surface area (TPSA) is 64.9 Å². The Labute approximate surface area is 84.4 Å². The molecule has 0 aliphatic heterocycles. The highest BCUT2D eigenvalue weighted by Gasteiger charge is 1.89. The van der Waals surface area contributed by atoms with Crippen molar-refractivity contribution in [1.82, 2.24) is 4.98 Å². The number of nitrogens with zero attached hydrogens (tertiary/aromatic N) is 1. The van der Waals surface area contributed by atoms with E-state index in [9.17, 15) is 0 Å². The monoisotopic (exact) mass is 209 g/mol. The molecule has 4 N–H and O–H groups in total. The molecule has 0 saturated carbocycles. The van der Waals surface area contributed by atoms with E-state index in [1.54, 1.807) is 12.3 Å². The molecule has 0 aromatic carbocycles. The largest absolute Gasteiger partial charge is 0.384 e. The zero-order chi connectivity index (χ0) is 7.40. The van der Waals surface area contributed by atoms with Gasteiger partial charge in [0, 0.05) is 6.20 Å². The van der Waals surface area contributed by atoms with Gasteiger partial charge in [0.2, 0.25) is 0 Å². The first kappa shape index (κ1) is 14.0. The van der Waals surface area contributed by atoms with E-state index in [0.717, 1.165) is 12.0 Å². The van der Waals surface area contributed by atoms with Crippen LogP contribution in [0, 0.1) is 0 Å². The fraction of sp³-hybridized carbons (Fsp3) is 0.286. The zero-order valence-corrected chi connectivity index (χ0v) is 8.20. The summed E-state index contributed by atoms with van der Waals surface area (Å²) in [5, 5.41) is 0. The molecule has 0 saturated heterocycles. The minimum absolute atomic E-state index is 0. The molecule has 12 heavy (non-hydrogen) atoms. The number of hydrogen-bond donors (Lipinski definition) is 2. The second-order valence-corrected chi connectivity index (χ2v) is 2.13. The second-order valence-electron chi connectivity index (χ2n) is 2.13. The maximum Gasteiger partial charge on any atom is 0.123 e. The van der Waals surface area contributed by atoms with Gasteiger partial charge >= 0.3 is 0 Å². The van der Waals surface area contributed by atoms with Gasteiger partial charge in [0.1, 0.15) is 5.82 Å². The van der Waals surface area contributed by atoms with Gasteiger partial charge in [-0.05, 0) is 24.6 Å². The van der Waals surface area contributed by atoms with Gasteiger partial charge < -0.3 is 11.5 Å². The van der Waals surface area contributed by atoms with Crippen LogP contribution >= 0.6 is 24.8 Å². The van der Waals surface area contributed by atoms with Gasteiger partial charge in [0.15, 0.2) is 0 Å². The highest BCUT2D eigenvalue weighted by molar-refractivity contribution is 5.85. The Morgan fingerprint density at radius 3 is 2.33 bits per heavy atom. The van der Waals surface area contributed by atoms with Crippen molar-refractivity contribution in [3.8, 4) is 0 Å². The van der Waals surface area contributed by atoms with E-state index < -0.39 is 0 Å². The average molecular weight is 210 g/mol. The first-order chi connectivity index (χ1) is 4.83. The lowest BCUT2D eigenvalue weighted by Gasteiger charge is -1.96. The normalized spacial score (nSPS) is 8.08. The third-order valence-corrected chi connectivity index (χ3v) is 1.28. The van der Waals surface area contributed by atoms with Crippen LogP contribution in [-0.4, -0.2) is 11.5 Å². The standard InChI is InChI=1S/C7H11N3.2ClH/c8-4-3-6-1-2-7(9)10-5-6;;/h1-2,5H,3-4,8H2,(H2,9,10);2*1H. The third-order valence-electron chi connectivity index (χ3n) is 1.28. The van der Waals surface area contributed by atoms with Crippen LogP contribution in [0.15, 0.2) is 18.3 Å². The number of nitrogen functional groups attached to an aromatic ring is 1. The van der Waals surface area contributed by atoms with Crippen LogP contribution in [0.25, 0.3) is 0 Å². The molecule has 0 aliphatic rings. The van der Waals surface area contributed by atoms with Crippen LogP contribution in [0.2, 0.25) is 0 Å². The van der Waals surface area contributed by atoms with E-state index in [1.165, 1.54) is 0 Å².